The van der Waals surface area contributed by atoms with E-state index in [2.05, 4.69) is 21.3 Å². The van der Waals surface area contributed by atoms with Gasteiger partial charge in [-0.05, 0) is 29.8 Å². The SMILES string of the molecule is N#Cc1ccc(Cn2cc(C3OCCN3Cc3ccco3)nn2)cc1. The number of furan rings is 1. The Labute approximate surface area is 145 Å². The van der Waals surface area contributed by atoms with Crippen molar-refractivity contribution in [2.45, 2.75) is 19.3 Å². The molecule has 7 heteroatoms. The van der Waals surface area contributed by atoms with Crippen molar-refractivity contribution in [1.82, 2.24) is 19.9 Å². The van der Waals surface area contributed by atoms with Crippen LogP contribution < -0.4 is 0 Å². The van der Waals surface area contributed by atoms with Gasteiger partial charge in [-0.1, -0.05) is 17.3 Å². The Morgan fingerprint density at radius 2 is 2.08 bits per heavy atom. The molecule has 0 saturated carbocycles. The molecule has 0 bridgehead atoms. The lowest BCUT2D eigenvalue weighted by Crippen LogP contribution is -2.23. The molecule has 3 heterocycles. The van der Waals surface area contributed by atoms with Crippen molar-refractivity contribution in [3.05, 3.63) is 71.4 Å². The summed E-state index contributed by atoms with van der Waals surface area (Å²) in [6.45, 7) is 2.77. The molecule has 1 fully saturated rings. The highest BCUT2D eigenvalue weighted by atomic mass is 16.5. The van der Waals surface area contributed by atoms with Gasteiger partial charge in [-0.15, -0.1) is 5.10 Å². The quantitative estimate of drug-likeness (QED) is 0.712. The largest absolute Gasteiger partial charge is 0.468 e. The van der Waals surface area contributed by atoms with Gasteiger partial charge in [0.05, 0.1) is 43.8 Å². The first-order chi connectivity index (χ1) is 12.3. The van der Waals surface area contributed by atoms with Crippen LogP contribution >= 0.6 is 0 Å². The zero-order valence-corrected chi connectivity index (χ0v) is 13.6. The molecule has 0 amide bonds. The second-order valence-corrected chi connectivity index (χ2v) is 5.92. The van der Waals surface area contributed by atoms with E-state index >= 15 is 0 Å². The molecular weight excluding hydrogens is 318 g/mol. The maximum atomic E-state index is 8.86. The van der Waals surface area contributed by atoms with E-state index in [-0.39, 0.29) is 6.23 Å². The van der Waals surface area contributed by atoms with E-state index in [1.165, 1.54) is 0 Å². The van der Waals surface area contributed by atoms with Gasteiger partial charge in [0, 0.05) is 6.54 Å². The van der Waals surface area contributed by atoms with Crippen LogP contribution in [0.3, 0.4) is 0 Å². The highest BCUT2D eigenvalue weighted by Gasteiger charge is 2.29. The Kier molecular flexibility index (Phi) is 4.29. The summed E-state index contributed by atoms with van der Waals surface area (Å²) in [5.74, 6) is 0.903. The standard InChI is InChI=1S/C18H17N5O2/c19-10-14-3-5-15(6-4-14)11-23-13-17(20-21-23)18-22(7-9-25-18)12-16-2-1-8-24-16/h1-6,8,13,18H,7,9,11-12H2. The Morgan fingerprint density at radius 3 is 2.84 bits per heavy atom. The van der Waals surface area contributed by atoms with Gasteiger partial charge in [-0.25, -0.2) is 4.68 Å². The first-order valence-corrected chi connectivity index (χ1v) is 8.09. The Hall–Kier alpha value is -2.95. The maximum Gasteiger partial charge on any atom is 0.157 e. The monoisotopic (exact) mass is 335 g/mol. The molecule has 0 aliphatic carbocycles. The number of rotatable bonds is 5. The normalized spacial score (nSPS) is 17.6. The van der Waals surface area contributed by atoms with Gasteiger partial charge >= 0.3 is 0 Å². The highest BCUT2D eigenvalue weighted by Crippen LogP contribution is 2.27. The van der Waals surface area contributed by atoms with Crippen molar-refractivity contribution >= 4 is 0 Å². The summed E-state index contributed by atoms with van der Waals surface area (Å²) in [7, 11) is 0. The van der Waals surface area contributed by atoms with Crippen molar-refractivity contribution in [3.63, 3.8) is 0 Å². The van der Waals surface area contributed by atoms with Crippen molar-refractivity contribution in [2.24, 2.45) is 0 Å². The second kappa shape index (κ2) is 6.89. The predicted octanol–water partition coefficient (Wildman–Crippen LogP) is 2.32. The summed E-state index contributed by atoms with van der Waals surface area (Å²) >= 11 is 0. The van der Waals surface area contributed by atoms with E-state index in [9.17, 15) is 0 Å². The minimum absolute atomic E-state index is 0.209. The Balaban J connectivity index is 1.45. The summed E-state index contributed by atoms with van der Waals surface area (Å²) in [6, 6.07) is 13.4. The molecule has 126 valence electrons. The number of nitrogens with zero attached hydrogens (tertiary/aromatic N) is 5. The summed E-state index contributed by atoms with van der Waals surface area (Å²) in [6.07, 6.45) is 3.37. The van der Waals surface area contributed by atoms with Gasteiger partial charge in [-0.2, -0.15) is 5.26 Å². The topological polar surface area (TPSA) is 80.1 Å². The van der Waals surface area contributed by atoms with Crippen LogP contribution in [0.15, 0.2) is 53.3 Å². The summed E-state index contributed by atoms with van der Waals surface area (Å²) in [5.41, 5.74) is 2.50. The molecule has 1 aliphatic rings. The molecule has 4 rings (SSSR count). The van der Waals surface area contributed by atoms with Crippen LogP contribution in [0.2, 0.25) is 0 Å². The van der Waals surface area contributed by atoms with E-state index < -0.39 is 0 Å². The van der Waals surface area contributed by atoms with Crippen LogP contribution in [-0.2, 0) is 17.8 Å². The number of hydrogen-bond acceptors (Lipinski definition) is 6. The smallest absolute Gasteiger partial charge is 0.157 e. The molecule has 1 aromatic carbocycles. The average molecular weight is 335 g/mol. The lowest BCUT2D eigenvalue weighted by atomic mass is 10.1. The van der Waals surface area contributed by atoms with Crippen LogP contribution in [0, 0.1) is 11.3 Å². The molecule has 1 atom stereocenters. The van der Waals surface area contributed by atoms with Crippen molar-refractivity contribution in [3.8, 4) is 6.07 Å². The lowest BCUT2D eigenvalue weighted by Gasteiger charge is -2.19. The number of ether oxygens (including phenoxy) is 1. The van der Waals surface area contributed by atoms with E-state index in [0.717, 1.165) is 23.6 Å². The van der Waals surface area contributed by atoms with E-state index in [1.807, 2.05) is 30.5 Å². The molecule has 0 N–H and O–H groups in total. The molecule has 25 heavy (non-hydrogen) atoms. The van der Waals surface area contributed by atoms with Crippen LogP contribution in [0.1, 0.15) is 28.8 Å². The van der Waals surface area contributed by atoms with Crippen LogP contribution in [0.4, 0.5) is 0 Å². The zero-order chi connectivity index (χ0) is 17.1. The third-order valence-corrected chi connectivity index (χ3v) is 4.16. The zero-order valence-electron chi connectivity index (χ0n) is 13.6. The van der Waals surface area contributed by atoms with Crippen molar-refractivity contribution < 1.29 is 9.15 Å². The third-order valence-electron chi connectivity index (χ3n) is 4.16. The fourth-order valence-electron chi connectivity index (χ4n) is 2.92. The third kappa shape index (κ3) is 3.45. The first kappa shape index (κ1) is 15.6. The number of nitriles is 1. The number of benzene rings is 1. The number of aromatic nitrogens is 3. The van der Waals surface area contributed by atoms with E-state index in [1.54, 1.807) is 23.1 Å². The van der Waals surface area contributed by atoms with Gasteiger partial charge in [0.1, 0.15) is 11.5 Å². The molecule has 7 nitrogen and oxygen atoms in total. The minimum atomic E-state index is -0.209. The fourth-order valence-corrected chi connectivity index (χ4v) is 2.92. The fraction of sp³-hybridized carbons (Fsp3) is 0.278. The van der Waals surface area contributed by atoms with E-state index in [4.69, 9.17) is 14.4 Å². The highest BCUT2D eigenvalue weighted by molar-refractivity contribution is 5.31. The van der Waals surface area contributed by atoms with E-state index in [0.29, 0.717) is 25.3 Å². The van der Waals surface area contributed by atoms with Gasteiger partial charge in [0.2, 0.25) is 0 Å². The van der Waals surface area contributed by atoms with Crippen LogP contribution in [-0.4, -0.2) is 33.0 Å². The van der Waals surface area contributed by atoms with Crippen LogP contribution in [0.25, 0.3) is 0 Å². The molecule has 1 saturated heterocycles. The number of hydrogen-bond donors (Lipinski definition) is 0. The average Bonchev–Trinajstić information content (AvgIpc) is 3.38. The summed E-state index contributed by atoms with van der Waals surface area (Å²) < 4.78 is 13.0. The van der Waals surface area contributed by atoms with Gasteiger partial charge in [-0.3, -0.25) is 4.90 Å². The Bertz CT molecular complexity index is 864. The molecule has 0 radical (unpaired) electrons. The van der Waals surface area contributed by atoms with Gasteiger partial charge in [0.15, 0.2) is 6.23 Å². The maximum absolute atomic E-state index is 8.86. The van der Waals surface area contributed by atoms with Crippen LogP contribution in [0.5, 0.6) is 0 Å². The molecular formula is C18H17N5O2. The van der Waals surface area contributed by atoms with Gasteiger partial charge in [0.25, 0.3) is 0 Å². The summed E-state index contributed by atoms with van der Waals surface area (Å²) in [4.78, 5) is 2.18. The van der Waals surface area contributed by atoms with Crippen molar-refractivity contribution in [2.75, 3.05) is 13.2 Å². The molecule has 1 aliphatic heterocycles. The lowest BCUT2D eigenvalue weighted by molar-refractivity contribution is 0.0223. The summed E-state index contributed by atoms with van der Waals surface area (Å²) in [5, 5.41) is 17.3. The molecule has 3 aromatic rings. The minimum Gasteiger partial charge on any atom is -0.468 e. The molecule has 2 aromatic heterocycles. The predicted molar refractivity (Wildman–Crippen MR) is 88.1 cm³/mol. The first-order valence-electron chi connectivity index (χ1n) is 8.09. The Morgan fingerprint density at radius 1 is 1.20 bits per heavy atom. The molecule has 0 spiro atoms. The van der Waals surface area contributed by atoms with Gasteiger partial charge < -0.3 is 9.15 Å². The van der Waals surface area contributed by atoms with Crippen molar-refractivity contribution in [1.29, 1.82) is 5.26 Å². The second-order valence-electron chi connectivity index (χ2n) is 5.92. The molecule has 1 unspecified atom stereocenters.